The molecule has 0 saturated carbocycles. The van der Waals surface area contributed by atoms with Crippen molar-refractivity contribution >= 4 is 16.8 Å². The average Bonchev–Trinajstić information content (AvgIpc) is 3.44. The number of nitrogens with one attached hydrogen (secondary N) is 1. The number of pyridine rings is 1. The Hall–Kier alpha value is -3.12. The quantitative estimate of drug-likeness (QED) is 0.731. The second-order valence-corrected chi connectivity index (χ2v) is 7.45. The summed E-state index contributed by atoms with van der Waals surface area (Å²) in [6.45, 7) is 2.98. The normalized spacial score (nSPS) is 18.7. The number of amides is 1. The van der Waals surface area contributed by atoms with Gasteiger partial charge in [-0.3, -0.25) is 4.79 Å². The predicted octanol–water partition coefficient (Wildman–Crippen LogP) is 3.93. The highest BCUT2D eigenvalue weighted by molar-refractivity contribution is 6.07. The third-order valence-electron chi connectivity index (χ3n) is 5.51. The number of fused-ring (bicyclic) bond motifs is 2. The van der Waals surface area contributed by atoms with E-state index in [4.69, 9.17) is 19.2 Å². The molecule has 6 nitrogen and oxygen atoms in total. The van der Waals surface area contributed by atoms with E-state index in [0.29, 0.717) is 11.3 Å². The summed E-state index contributed by atoms with van der Waals surface area (Å²) in [5.74, 6) is 1.29. The van der Waals surface area contributed by atoms with Gasteiger partial charge in [-0.25, -0.2) is 4.98 Å². The van der Waals surface area contributed by atoms with Gasteiger partial charge in [-0.05, 0) is 50.1 Å². The Kier molecular flexibility index (Phi) is 4.56. The molecule has 6 heteroatoms. The molecule has 0 spiro atoms. The van der Waals surface area contributed by atoms with Crippen molar-refractivity contribution in [3.8, 4) is 22.8 Å². The third kappa shape index (κ3) is 3.40. The SMILES string of the molecule is CC(NC(=O)c1cc(-c2ccc3c(c2)OCO3)nc2ccccc12)C1CCCO1. The van der Waals surface area contributed by atoms with Gasteiger partial charge in [0.15, 0.2) is 11.5 Å². The van der Waals surface area contributed by atoms with Crippen molar-refractivity contribution in [3.63, 3.8) is 0 Å². The highest BCUT2D eigenvalue weighted by Gasteiger charge is 2.25. The van der Waals surface area contributed by atoms with Crippen LogP contribution in [0.2, 0.25) is 0 Å². The van der Waals surface area contributed by atoms with Crippen molar-refractivity contribution in [2.45, 2.75) is 31.9 Å². The van der Waals surface area contributed by atoms with Crippen molar-refractivity contribution in [2.24, 2.45) is 0 Å². The van der Waals surface area contributed by atoms with Gasteiger partial charge in [0.25, 0.3) is 5.91 Å². The summed E-state index contributed by atoms with van der Waals surface area (Å²) in [5, 5.41) is 3.94. The molecule has 2 aliphatic rings. The zero-order valence-electron chi connectivity index (χ0n) is 16.2. The third-order valence-corrected chi connectivity index (χ3v) is 5.51. The molecule has 2 aromatic carbocycles. The number of para-hydroxylation sites is 1. The summed E-state index contributed by atoms with van der Waals surface area (Å²) < 4.78 is 16.6. The molecule has 1 N–H and O–H groups in total. The minimum Gasteiger partial charge on any atom is -0.454 e. The molecule has 0 bridgehead atoms. The summed E-state index contributed by atoms with van der Waals surface area (Å²) in [6.07, 6.45) is 2.08. The van der Waals surface area contributed by atoms with Gasteiger partial charge in [0, 0.05) is 17.6 Å². The summed E-state index contributed by atoms with van der Waals surface area (Å²) in [5.41, 5.74) is 2.98. The van der Waals surface area contributed by atoms with Gasteiger partial charge in [-0.2, -0.15) is 0 Å². The Morgan fingerprint density at radius 3 is 2.86 bits per heavy atom. The molecule has 2 unspecified atom stereocenters. The highest BCUT2D eigenvalue weighted by Crippen LogP contribution is 2.36. The van der Waals surface area contributed by atoms with Gasteiger partial charge in [0.1, 0.15) is 0 Å². The number of benzene rings is 2. The molecule has 1 aromatic heterocycles. The van der Waals surface area contributed by atoms with Crippen molar-refractivity contribution in [1.29, 1.82) is 0 Å². The van der Waals surface area contributed by atoms with Gasteiger partial charge >= 0.3 is 0 Å². The molecule has 0 radical (unpaired) electrons. The molecule has 0 aliphatic carbocycles. The second kappa shape index (κ2) is 7.37. The smallest absolute Gasteiger partial charge is 0.252 e. The lowest BCUT2D eigenvalue weighted by Crippen LogP contribution is -2.40. The molecular formula is C23H22N2O4. The molecule has 148 valence electrons. The van der Waals surface area contributed by atoms with E-state index in [9.17, 15) is 4.79 Å². The minimum atomic E-state index is -0.117. The van der Waals surface area contributed by atoms with Gasteiger partial charge in [0.05, 0.1) is 28.9 Å². The fourth-order valence-corrected chi connectivity index (χ4v) is 3.94. The van der Waals surface area contributed by atoms with Crippen LogP contribution in [-0.4, -0.2) is 36.4 Å². The number of nitrogens with zero attached hydrogens (tertiary/aromatic N) is 1. The Labute approximate surface area is 168 Å². The standard InChI is InChI=1S/C23H22N2O4/c1-14(20-7-4-10-27-20)24-23(26)17-12-19(25-18-6-3-2-5-16(17)18)15-8-9-21-22(11-15)29-13-28-21/h2-3,5-6,8-9,11-12,14,20H,4,7,10,13H2,1H3,(H,24,26). The highest BCUT2D eigenvalue weighted by atomic mass is 16.7. The largest absolute Gasteiger partial charge is 0.454 e. The molecule has 2 atom stereocenters. The Balaban J connectivity index is 1.53. The number of rotatable bonds is 4. The summed E-state index contributed by atoms with van der Waals surface area (Å²) >= 11 is 0. The number of carbonyl (C=O) groups excluding carboxylic acids is 1. The lowest BCUT2D eigenvalue weighted by molar-refractivity contribution is 0.0713. The van der Waals surface area contributed by atoms with Crippen molar-refractivity contribution in [2.75, 3.05) is 13.4 Å². The van der Waals surface area contributed by atoms with Crippen molar-refractivity contribution in [3.05, 3.63) is 54.1 Å². The van der Waals surface area contributed by atoms with Crippen LogP contribution < -0.4 is 14.8 Å². The first-order valence-corrected chi connectivity index (χ1v) is 9.91. The monoisotopic (exact) mass is 390 g/mol. The summed E-state index contributed by atoms with van der Waals surface area (Å²) in [7, 11) is 0. The average molecular weight is 390 g/mol. The molecule has 3 aromatic rings. The first-order valence-electron chi connectivity index (χ1n) is 9.91. The molecule has 1 fully saturated rings. The van der Waals surface area contributed by atoms with Crippen LogP contribution in [0.1, 0.15) is 30.1 Å². The van der Waals surface area contributed by atoms with Crippen molar-refractivity contribution in [1.82, 2.24) is 10.3 Å². The van der Waals surface area contributed by atoms with Crippen LogP contribution in [0.3, 0.4) is 0 Å². The second-order valence-electron chi connectivity index (χ2n) is 7.45. The van der Waals surface area contributed by atoms with E-state index in [-0.39, 0.29) is 24.8 Å². The van der Waals surface area contributed by atoms with Gasteiger partial charge in [-0.1, -0.05) is 18.2 Å². The Morgan fingerprint density at radius 1 is 1.14 bits per heavy atom. The fraction of sp³-hybridized carbons (Fsp3) is 0.304. The first kappa shape index (κ1) is 17.9. The maximum absolute atomic E-state index is 13.2. The predicted molar refractivity (Wildman–Crippen MR) is 109 cm³/mol. The number of aromatic nitrogens is 1. The molecule has 29 heavy (non-hydrogen) atoms. The van der Waals surface area contributed by atoms with E-state index >= 15 is 0 Å². The van der Waals surface area contributed by atoms with Gasteiger partial charge < -0.3 is 19.5 Å². The number of hydrogen-bond donors (Lipinski definition) is 1. The molecular weight excluding hydrogens is 368 g/mol. The van der Waals surface area contributed by atoms with Crippen LogP contribution in [0.5, 0.6) is 11.5 Å². The first-order chi connectivity index (χ1) is 14.2. The Bertz CT molecular complexity index is 1080. The maximum Gasteiger partial charge on any atom is 0.252 e. The summed E-state index contributed by atoms with van der Waals surface area (Å²) in [4.78, 5) is 17.9. The van der Waals surface area contributed by atoms with Crippen LogP contribution >= 0.6 is 0 Å². The van der Waals surface area contributed by atoms with E-state index in [0.717, 1.165) is 47.4 Å². The summed E-state index contributed by atoms with van der Waals surface area (Å²) in [6, 6.07) is 15.2. The topological polar surface area (TPSA) is 69.7 Å². The molecule has 1 amide bonds. The van der Waals surface area contributed by atoms with Crippen LogP contribution in [0.4, 0.5) is 0 Å². The van der Waals surface area contributed by atoms with Crippen LogP contribution in [0, 0.1) is 0 Å². The van der Waals surface area contributed by atoms with E-state index in [1.54, 1.807) is 0 Å². The zero-order valence-corrected chi connectivity index (χ0v) is 16.2. The van der Waals surface area contributed by atoms with E-state index in [2.05, 4.69) is 5.32 Å². The zero-order chi connectivity index (χ0) is 19.8. The number of ether oxygens (including phenoxy) is 3. The lowest BCUT2D eigenvalue weighted by atomic mass is 10.0. The lowest BCUT2D eigenvalue weighted by Gasteiger charge is -2.20. The van der Waals surface area contributed by atoms with E-state index in [1.807, 2.05) is 55.5 Å². The molecule has 2 aliphatic heterocycles. The molecule has 1 saturated heterocycles. The van der Waals surface area contributed by atoms with Gasteiger partial charge in [0.2, 0.25) is 6.79 Å². The van der Waals surface area contributed by atoms with Crippen LogP contribution in [0.15, 0.2) is 48.5 Å². The molecule has 3 heterocycles. The number of carbonyl (C=O) groups is 1. The van der Waals surface area contributed by atoms with Crippen LogP contribution in [0.25, 0.3) is 22.2 Å². The van der Waals surface area contributed by atoms with Gasteiger partial charge in [-0.15, -0.1) is 0 Å². The van der Waals surface area contributed by atoms with Crippen LogP contribution in [-0.2, 0) is 4.74 Å². The minimum absolute atomic E-state index is 0.0501. The fourth-order valence-electron chi connectivity index (χ4n) is 3.94. The van der Waals surface area contributed by atoms with E-state index in [1.165, 1.54) is 0 Å². The Morgan fingerprint density at radius 2 is 2.00 bits per heavy atom. The maximum atomic E-state index is 13.2. The van der Waals surface area contributed by atoms with E-state index < -0.39 is 0 Å². The molecule has 5 rings (SSSR count). The van der Waals surface area contributed by atoms with Crippen molar-refractivity contribution < 1.29 is 19.0 Å². The number of hydrogen-bond acceptors (Lipinski definition) is 5.